The molecule has 0 spiro atoms. The molecule has 10 nitrogen and oxygen atoms in total. The van der Waals surface area contributed by atoms with Gasteiger partial charge < -0.3 is 26.8 Å². The molecule has 0 saturated heterocycles. The van der Waals surface area contributed by atoms with E-state index in [0.29, 0.717) is 6.54 Å². The van der Waals surface area contributed by atoms with Crippen molar-refractivity contribution in [3.8, 4) is 0 Å². The van der Waals surface area contributed by atoms with E-state index in [1.807, 2.05) is 0 Å². The summed E-state index contributed by atoms with van der Waals surface area (Å²) in [6.07, 6.45) is -1.05. The van der Waals surface area contributed by atoms with E-state index >= 15 is 0 Å². The number of nitrogens with zero attached hydrogens (tertiary/aromatic N) is 1. The summed E-state index contributed by atoms with van der Waals surface area (Å²) in [5, 5.41) is 28.9. The van der Waals surface area contributed by atoms with Gasteiger partial charge in [0.05, 0.1) is 18.6 Å². The number of aliphatic hydroxyl groups is 2. The fourth-order valence-corrected chi connectivity index (χ4v) is 2.23. The molecule has 0 rings (SSSR count). The summed E-state index contributed by atoms with van der Waals surface area (Å²) in [6.45, 7) is 1.56. The number of hydrogen-bond donors (Lipinski definition) is 6. The lowest BCUT2D eigenvalue weighted by molar-refractivity contribution is -0.145. The Hall–Kier alpha value is -1.59. The average molecular weight is 362 g/mol. The molecule has 1 unspecified atom stereocenters. The van der Waals surface area contributed by atoms with Crippen LogP contribution in [0.4, 0.5) is 0 Å². The third kappa shape index (κ3) is 10.8. The Balaban J connectivity index is 4.56. The number of nitrogens with one attached hydrogen (secondary N) is 1. The molecule has 0 aliphatic carbocycles. The van der Waals surface area contributed by atoms with Gasteiger partial charge in [-0.15, -0.1) is 0 Å². The predicted molar refractivity (Wildman–Crippen MR) is 90.0 cm³/mol. The van der Waals surface area contributed by atoms with E-state index in [2.05, 4.69) is 5.43 Å². The summed E-state index contributed by atoms with van der Waals surface area (Å²) < 4.78 is 0. The van der Waals surface area contributed by atoms with Crippen molar-refractivity contribution in [1.29, 1.82) is 0 Å². The average Bonchev–Trinajstić information content (AvgIpc) is 2.49. The normalized spacial score (nSPS) is 16.2. The number of carbonyl (C=O) groups is 3. The van der Waals surface area contributed by atoms with Crippen molar-refractivity contribution in [3.05, 3.63) is 0 Å². The van der Waals surface area contributed by atoms with Crippen molar-refractivity contribution in [2.24, 2.45) is 23.3 Å². The summed E-state index contributed by atoms with van der Waals surface area (Å²) in [5.41, 5.74) is 13.9. The molecule has 0 saturated carbocycles. The highest BCUT2D eigenvalue weighted by atomic mass is 16.4. The van der Waals surface area contributed by atoms with Gasteiger partial charge in [0.25, 0.3) is 0 Å². The predicted octanol–water partition coefficient (Wildman–Crippen LogP) is -2.34. The van der Waals surface area contributed by atoms with Gasteiger partial charge in [-0.25, -0.2) is 5.01 Å². The third-order valence-electron chi connectivity index (χ3n) is 3.80. The van der Waals surface area contributed by atoms with Gasteiger partial charge in [-0.3, -0.25) is 19.8 Å². The van der Waals surface area contributed by atoms with Crippen LogP contribution in [0.3, 0.4) is 0 Å². The zero-order valence-electron chi connectivity index (χ0n) is 14.7. The summed E-state index contributed by atoms with van der Waals surface area (Å²) in [6, 6.07) is -0.463. The Kier molecular flexibility index (Phi) is 11.1. The number of primary amides is 1. The lowest BCUT2D eigenvalue weighted by Gasteiger charge is -2.26. The minimum Gasteiger partial charge on any atom is -0.481 e. The van der Waals surface area contributed by atoms with Crippen LogP contribution in [-0.2, 0) is 14.4 Å². The molecule has 8 N–H and O–H groups in total. The first-order valence-electron chi connectivity index (χ1n) is 8.08. The second kappa shape index (κ2) is 11.9. The third-order valence-corrected chi connectivity index (χ3v) is 3.80. The van der Waals surface area contributed by atoms with E-state index in [4.69, 9.17) is 21.7 Å². The highest BCUT2D eigenvalue weighted by Crippen LogP contribution is 2.13. The van der Waals surface area contributed by atoms with Gasteiger partial charge in [-0.05, 0) is 12.8 Å². The molecule has 25 heavy (non-hydrogen) atoms. The Labute approximate surface area is 147 Å². The molecule has 0 aliphatic rings. The standard InChI is InChI=1S/C15H30N4O6/c1-9(21)13(16)7-19(2)18-6-10(4-14(17)23)3-12(22)5-11(8-20)15(24)25/h9-11,13,18,20-21H,3-8,16H2,1-2H3,(H2,17,23)(H,24,25)/t9?,10-,11-,13+/m1/s1. The second-order valence-corrected chi connectivity index (χ2v) is 6.35. The van der Waals surface area contributed by atoms with Crippen molar-refractivity contribution >= 4 is 17.7 Å². The zero-order valence-corrected chi connectivity index (χ0v) is 14.7. The molecule has 0 aliphatic heterocycles. The van der Waals surface area contributed by atoms with Crippen LogP contribution in [0.1, 0.15) is 26.2 Å². The number of likely N-dealkylation sites (N-methyl/N-ethyl adjacent to an activating group) is 1. The zero-order chi connectivity index (χ0) is 19.6. The maximum atomic E-state index is 12.0. The van der Waals surface area contributed by atoms with Crippen LogP contribution in [0.15, 0.2) is 0 Å². The minimum absolute atomic E-state index is 0.0317. The number of amides is 1. The largest absolute Gasteiger partial charge is 0.481 e. The monoisotopic (exact) mass is 362 g/mol. The quantitative estimate of drug-likeness (QED) is 0.185. The highest BCUT2D eigenvalue weighted by Gasteiger charge is 2.23. The van der Waals surface area contributed by atoms with Gasteiger partial charge >= 0.3 is 5.97 Å². The van der Waals surface area contributed by atoms with E-state index < -0.39 is 42.5 Å². The molecular formula is C15H30N4O6. The van der Waals surface area contributed by atoms with Crippen molar-refractivity contribution < 1.29 is 29.7 Å². The van der Waals surface area contributed by atoms with Crippen LogP contribution in [0.5, 0.6) is 0 Å². The van der Waals surface area contributed by atoms with Gasteiger partial charge in [0.1, 0.15) is 5.78 Å². The number of Topliss-reactive ketones (excluding diaryl/α,β-unsaturated/α-hetero) is 1. The smallest absolute Gasteiger partial charge is 0.309 e. The van der Waals surface area contributed by atoms with Gasteiger partial charge in [-0.1, -0.05) is 0 Å². The summed E-state index contributed by atoms with van der Waals surface area (Å²) >= 11 is 0. The molecule has 0 aromatic rings. The molecule has 10 heteroatoms. The van der Waals surface area contributed by atoms with Crippen LogP contribution in [0, 0.1) is 11.8 Å². The number of rotatable bonds is 14. The molecule has 1 amide bonds. The molecule has 4 atom stereocenters. The molecule has 0 aromatic heterocycles. The summed E-state index contributed by atoms with van der Waals surface area (Å²) in [7, 11) is 1.71. The van der Waals surface area contributed by atoms with Crippen molar-refractivity contribution in [3.63, 3.8) is 0 Å². The Bertz CT molecular complexity index is 446. The number of ketones is 1. The van der Waals surface area contributed by atoms with Crippen LogP contribution >= 0.6 is 0 Å². The Morgan fingerprint density at radius 1 is 1.20 bits per heavy atom. The number of hydrazine groups is 1. The van der Waals surface area contributed by atoms with Gasteiger partial charge in [0, 0.05) is 45.4 Å². The Morgan fingerprint density at radius 3 is 2.24 bits per heavy atom. The van der Waals surface area contributed by atoms with Crippen molar-refractivity contribution in [1.82, 2.24) is 10.4 Å². The lowest BCUT2D eigenvalue weighted by atomic mass is 9.93. The van der Waals surface area contributed by atoms with Crippen LogP contribution in [0.2, 0.25) is 0 Å². The van der Waals surface area contributed by atoms with E-state index in [0.717, 1.165) is 0 Å². The Morgan fingerprint density at radius 2 is 1.80 bits per heavy atom. The topological polar surface area (TPSA) is 179 Å². The summed E-state index contributed by atoms with van der Waals surface area (Å²) in [5.74, 6) is -3.74. The van der Waals surface area contributed by atoms with Gasteiger partial charge in [-0.2, -0.15) is 0 Å². The van der Waals surface area contributed by atoms with Crippen LogP contribution in [-0.4, -0.2) is 76.9 Å². The van der Waals surface area contributed by atoms with E-state index in [9.17, 15) is 19.5 Å². The van der Waals surface area contributed by atoms with Crippen molar-refractivity contribution in [2.45, 2.75) is 38.3 Å². The lowest BCUT2D eigenvalue weighted by Crippen LogP contribution is -2.48. The van der Waals surface area contributed by atoms with E-state index in [1.54, 1.807) is 19.0 Å². The van der Waals surface area contributed by atoms with E-state index in [1.165, 1.54) is 0 Å². The number of hydrogen-bond acceptors (Lipinski definition) is 8. The molecular weight excluding hydrogens is 332 g/mol. The molecule has 0 bridgehead atoms. The molecule has 0 aromatic carbocycles. The molecule has 0 radical (unpaired) electrons. The first-order chi connectivity index (χ1) is 11.6. The first-order valence-corrected chi connectivity index (χ1v) is 8.08. The fourth-order valence-electron chi connectivity index (χ4n) is 2.23. The second-order valence-electron chi connectivity index (χ2n) is 6.35. The van der Waals surface area contributed by atoms with Gasteiger partial charge in [0.15, 0.2) is 0 Å². The number of nitrogens with two attached hydrogens (primary N) is 2. The minimum atomic E-state index is -1.24. The first kappa shape index (κ1) is 23.4. The SMILES string of the molecule is CC(O)[C@@H](N)CN(C)NC[C@@H](CC(N)=O)CC(=O)C[C@H](CO)C(=O)O. The number of aliphatic hydroxyl groups excluding tert-OH is 2. The van der Waals surface area contributed by atoms with E-state index in [-0.39, 0.29) is 31.6 Å². The number of carboxylic acid groups (broad SMARTS) is 1. The van der Waals surface area contributed by atoms with Crippen LogP contribution < -0.4 is 16.9 Å². The summed E-state index contributed by atoms with van der Waals surface area (Å²) in [4.78, 5) is 34.0. The fraction of sp³-hybridized carbons (Fsp3) is 0.800. The maximum absolute atomic E-state index is 12.0. The molecule has 0 fully saturated rings. The number of carbonyl (C=O) groups excluding carboxylic acids is 2. The highest BCUT2D eigenvalue weighted by molar-refractivity contribution is 5.84. The van der Waals surface area contributed by atoms with Crippen molar-refractivity contribution in [2.75, 3.05) is 26.7 Å². The van der Waals surface area contributed by atoms with Gasteiger partial charge in [0.2, 0.25) is 5.91 Å². The number of aliphatic carboxylic acids is 1. The van der Waals surface area contributed by atoms with Crippen LogP contribution in [0.25, 0.3) is 0 Å². The maximum Gasteiger partial charge on any atom is 0.309 e. The molecule has 0 heterocycles. The number of carboxylic acids is 1. The molecule has 146 valence electrons.